The summed E-state index contributed by atoms with van der Waals surface area (Å²) in [4.78, 5) is 7.67. The van der Waals surface area contributed by atoms with E-state index in [-0.39, 0.29) is 0 Å². The minimum atomic E-state index is -2.00. The van der Waals surface area contributed by atoms with Gasteiger partial charge in [0, 0.05) is 0 Å². The second-order valence-electron chi connectivity index (χ2n) is 10.1. The topological polar surface area (TPSA) is 0 Å². The van der Waals surface area contributed by atoms with Gasteiger partial charge < -0.3 is 0 Å². The Morgan fingerprint density at radius 2 is 1.41 bits per heavy atom. The van der Waals surface area contributed by atoms with Crippen LogP contribution < -0.4 is 0 Å². The second-order valence-corrected chi connectivity index (χ2v) is 29.5. The number of unbranched alkanes of at least 4 members (excludes halogenated alkanes) is 7. The van der Waals surface area contributed by atoms with Crippen LogP contribution in [0.5, 0.6) is 0 Å². The Morgan fingerprint density at radius 3 is 1.96 bits per heavy atom. The molecule has 0 aliphatic heterocycles. The number of rotatable bonds is 13. The van der Waals surface area contributed by atoms with Gasteiger partial charge >= 0.3 is 178 Å². The van der Waals surface area contributed by atoms with Crippen molar-refractivity contribution in [3.05, 3.63) is 21.3 Å². The third kappa shape index (κ3) is 16.7. The second kappa shape index (κ2) is 15.0. The summed E-state index contributed by atoms with van der Waals surface area (Å²) >= 11 is -2.00. The van der Waals surface area contributed by atoms with E-state index in [0.29, 0.717) is 0 Å². The first-order valence-corrected chi connectivity index (χ1v) is 25.0. The zero-order chi connectivity index (χ0) is 20.8. The van der Waals surface area contributed by atoms with Gasteiger partial charge in [0.2, 0.25) is 0 Å². The van der Waals surface area contributed by atoms with Gasteiger partial charge in [0.15, 0.2) is 0 Å². The van der Waals surface area contributed by atoms with Crippen molar-refractivity contribution in [2.24, 2.45) is 0 Å². The summed E-state index contributed by atoms with van der Waals surface area (Å²) in [6, 6.07) is 0. The van der Waals surface area contributed by atoms with Crippen LogP contribution in [0.4, 0.5) is 0 Å². The quantitative estimate of drug-likeness (QED) is 0.136. The van der Waals surface area contributed by atoms with E-state index in [9.17, 15) is 0 Å². The molecule has 0 spiro atoms. The fraction of sp³-hybridized carbons (Fsp3) is 0.760. The number of hydrogen-bond donors (Lipinski definition) is 0. The predicted octanol–water partition coefficient (Wildman–Crippen LogP) is 8.93. The molecule has 0 radical (unpaired) electrons. The SMILES string of the molecule is CCCC/C=[C](/C/C=C(\C#C[Si](C)(C)C)CCCCCCCC)[Sn]([CH3])([CH3])[CH3]. The fourth-order valence-electron chi connectivity index (χ4n) is 2.99. The van der Waals surface area contributed by atoms with Gasteiger partial charge in [0.1, 0.15) is 0 Å². The maximum atomic E-state index is 3.62. The molecule has 27 heavy (non-hydrogen) atoms. The van der Waals surface area contributed by atoms with Gasteiger partial charge in [-0.2, -0.15) is 0 Å². The van der Waals surface area contributed by atoms with Crippen molar-refractivity contribution in [2.75, 3.05) is 0 Å². The van der Waals surface area contributed by atoms with E-state index in [4.69, 9.17) is 0 Å². The monoisotopic (exact) mass is 496 g/mol. The van der Waals surface area contributed by atoms with Gasteiger partial charge in [-0.05, 0) is 0 Å². The number of allylic oxidation sites excluding steroid dienone is 4. The average Bonchev–Trinajstić information content (AvgIpc) is 2.55. The molecule has 0 nitrogen and oxygen atoms in total. The van der Waals surface area contributed by atoms with Gasteiger partial charge in [0.05, 0.1) is 0 Å². The Kier molecular flexibility index (Phi) is 15.0. The van der Waals surface area contributed by atoms with Gasteiger partial charge in [-0.3, -0.25) is 0 Å². The minimum absolute atomic E-state index is 1.16. The Bertz CT molecular complexity index is 503. The molecule has 0 saturated heterocycles. The van der Waals surface area contributed by atoms with E-state index < -0.39 is 26.5 Å². The molecule has 0 heterocycles. The van der Waals surface area contributed by atoms with E-state index in [2.05, 4.69) is 71.9 Å². The fourth-order valence-corrected chi connectivity index (χ4v) is 7.72. The molecule has 0 fully saturated rings. The van der Waals surface area contributed by atoms with Crippen LogP contribution in [0, 0.1) is 11.5 Å². The molecule has 0 aromatic rings. The molecule has 0 aliphatic rings. The molecule has 2 heteroatoms. The summed E-state index contributed by atoms with van der Waals surface area (Å²) in [7, 11) is -1.31. The van der Waals surface area contributed by atoms with E-state index in [1.165, 1.54) is 69.8 Å². The Labute approximate surface area is 177 Å². The van der Waals surface area contributed by atoms with Crippen LogP contribution in [0.15, 0.2) is 21.3 Å². The average molecular weight is 495 g/mol. The van der Waals surface area contributed by atoms with Crippen molar-refractivity contribution in [3.8, 4) is 11.5 Å². The van der Waals surface area contributed by atoms with Crippen LogP contribution in [-0.2, 0) is 0 Å². The molecule has 0 unspecified atom stereocenters. The third-order valence-electron chi connectivity index (χ3n) is 4.88. The Morgan fingerprint density at radius 1 is 0.815 bits per heavy atom. The van der Waals surface area contributed by atoms with Gasteiger partial charge in [-0.25, -0.2) is 0 Å². The van der Waals surface area contributed by atoms with Crippen LogP contribution in [0.3, 0.4) is 0 Å². The zero-order valence-corrected chi connectivity index (χ0v) is 23.8. The molecule has 0 atom stereocenters. The summed E-state index contributed by atoms with van der Waals surface area (Å²) in [5, 5.41) is 0. The molecular formula is C25H48SiSn. The van der Waals surface area contributed by atoms with Crippen molar-refractivity contribution < 1.29 is 0 Å². The Hall–Kier alpha value is 0.0556. The van der Waals surface area contributed by atoms with Crippen molar-refractivity contribution in [3.63, 3.8) is 0 Å². The summed E-state index contributed by atoms with van der Waals surface area (Å²) < 4.78 is 1.79. The normalized spacial score (nSPS) is 13.5. The van der Waals surface area contributed by atoms with Crippen LogP contribution >= 0.6 is 0 Å². The van der Waals surface area contributed by atoms with Gasteiger partial charge in [-0.1, -0.05) is 0 Å². The van der Waals surface area contributed by atoms with E-state index >= 15 is 0 Å². The molecule has 156 valence electrons. The van der Waals surface area contributed by atoms with Crippen molar-refractivity contribution in [2.45, 2.75) is 119 Å². The van der Waals surface area contributed by atoms with Crippen LogP contribution in [0.2, 0.25) is 34.5 Å². The van der Waals surface area contributed by atoms with E-state index in [1.807, 2.05) is 0 Å². The van der Waals surface area contributed by atoms with E-state index in [1.54, 1.807) is 3.59 Å². The predicted molar refractivity (Wildman–Crippen MR) is 133 cm³/mol. The van der Waals surface area contributed by atoms with Crippen LogP contribution in [-0.4, -0.2) is 26.5 Å². The van der Waals surface area contributed by atoms with Crippen LogP contribution in [0.1, 0.15) is 84.5 Å². The van der Waals surface area contributed by atoms with Gasteiger partial charge in [-0.15, -0.1) is 0 Å². The molecule has 0 rings (SSSR count). The zero-order valence-electron chi connectivity index (χ0n) is 19.9. The number of hydrogen-bond acceptors (Lipinski definition) is 0. The van der Waals surface area contributed by atoms with Crippen molar-refractivity contribution >= 4 is 26.5 Å². The summed E-state index contributed by atoms with van der Waals surface area (Å²) in [6.07, 6.45) is 19.5. The standard InChI is InChI=1S/C22H39Si.3CH3.Sn/c1-6-8-10-12-14-16-18-22(20-21-23(3,4)5)19-17-15-13-11-9-7-2;;;;/h12,18H,6-11,13,15-17,19H2,1-5H3;3*1H3;/b14-12?,22-18-;;;;. The first-order valence-electron chi connectivity index (χ1n) is 11.5. The van der Waals surface area contributed by atoms with Crippen molar-refractivity contribution in [1.29, 1.82) is 0 Å². The van der Waals surface area contributed by atoms with Crippen molar-refractivity contribution in [1.82, 2.24) is 0 Å². The Balaban J connectivity index is 5.04. The first-order chi connectivity index (χ1) is 12.6. The van der Waals surface area contributed by atoms with Crippen LogP contribution in [0.25, 0.3) is 0 Å². The molecule has 0 amide bonds. The molecule has 0 saturated carbocycles. The molecule has 0 aromatic heterocycles. The first kappa shape index (κ1) is 27.1. The molecule has 0 bridgehead atoms. The maximum absolute atomic E-state index is 3.62. The van der Waals surface area contributed by atoms with Gasteiger partial charge in [0.25, 0.3) is 0 Å². The summed E-state index contributed by atoms with van der Waals surface area (Å²) in [5.41, 5.74) is 5.04. The summed E-state index contributed by atoms with van der Waals surface area (Å²) in [5.74, 6) is 3.60. The molecule has 0 N–H and O–H groups in total. The molecule has 0 aromatic carbocycles. The van der Waals surface area contributed by atoms with E-state index in [0.717, 1.165) is 6.42 Å². The molecular weight excluding hydrogens is 447 g/mol. The molecule has 0 aliphatic carbocycles. The summed E-state index contributed by atoms with van der Waals surface area (Å²) in [6.45, 7) is 11.6. The third-order valence-corrected chi connectivity index (χ3v) is 12.4.